The molecule has 0 atom stereocenters. The van der Waals surface area contributed by atoms with Gasteiger partial charge in [0.25, 0.3) is 0 Å². The molecule has 130 valence electrons. The lowest BCUT2D eigenvalue weighted by Crippen LogP contribution is -2.16. The van der Waals surface area contributed by atoms with E-state index in [1.807, 2.05) is 36.4 Å². The minimum atomic E-state index is 0.0239. The molecule has 0 aliphatic carbocycles. The van der Waals surface area contributed by atoms with Gasteiger partial charge in [0.15, 0.2) is 0 Å². The number of hydrogen-bond acceptors (Lipinski definition) is 5. The van der Waals surface area contributed by atoms with Crippen LogP contribution in [0.4, 0.5) is 5.82 Å². The van der Waals surface area contributed by atoms with Crippen LogP contribution in [-0.4, -0.2) is 36.4 Å². The van der Waals surface area contributed by atoms with Gasteiger partial charge in [-0.2, -0.15) is 0 Å². The third-order valence-corrected chi connectivity index (χ3v) is 4.19. The fraction of sp³-hybridized carbons (Fsp3) is 0.389. The first-order valence-electron chi connectivity index (χ1n) is 8.17. The van der Waals surface area contributed by atoms with E-state index in [1.54, 1.807) is 6.20 Å². The molecule has 1 aromatic heterocycles. The fourth-order valence-electron chi connectivity index (χ4n) is 2.21. The molecule has 0 spiro atoms. The van der Waals surface area contributed by atoms with Crippen LogP contribution in [0.3, 0.4) is 0 Å². The summed E-state index contributed by atoms with van der Waals surface area (Å²) >= 11 is 3.56. The first kappa shape index (κ1) is 18.7. The van der Waals surface area contributed by atoms with Gasteiger partial charge in [0.2, 0.25) is 0 Å². The molecule has 0 aliphatic heterocycles. The van der Waals surface area contributed by atoms with Crippen molar-refractivity contribution in [1.29, 1.82) is 0 Å². The molecule has 0 fully saturated rings. The lowest BCUT2D eigenvalue weighted by Gasteiger charge is -2.10. The smallest absolute Gasteiger partial charge is 0.125 e. The molecule has 24 heavy (non-hydrogen) atoms. The molecule has 0 saturated carbocycles. The molecule has 0 aliphatic rings. The van der Waals surface area contributed by atoms with Crippen LogP contribution >= 0.6 is 15.9 Å². The van der Waals surface area contributed by atoms with Crippen LogP contribution in [0.1, 0.15) is 18.4 Å². The Balaban J connectivity index is 1.58. The second kappa shape index (κ2) is 11.0. The molecular formula is C18H24BrN3O2. The van der Waals surface area contributed by atoms with Crippen molar-refractivity contribution in [3.05, 3.63) is 52.6 Å². The Hall–Kier alpha value is -1.63. The Bertz CT molecular complexity index is 596. The van der Waals surface area contributed by atoms with E-state index in [9.17, 15) is 0 Å². The number of anilines is 1. The number of aliphatic hydroxyl groups excluding tert-OH is 1. The lowest BCUT2D eigenvalue weighted by molar-refractivity contribution is 0.201. The van der Waals surface area contributed by atoms with Crippen molar-refractivity contribution < 1.29 is 9.84 Å². The van der Waals surface area contributed by atoms with Gasteiger partial charge < -0.3 is 20.5 Å². The molecule has 5 nitrogen and oxygen atoms in total. The number of nitrogens with zero attached hydrogens (tertiary/aromatic N) is 1. The van der Waals surface area contributed by atoms with Gasteiger partial charge in [0.05, 0.1) is 6.61 Å². The monoisotopic (exact) mass is 393 g/mol. The van der Waals surface area contributed by atoms with Gasteiger partial charge in [0.1, 0.15) is 18.2 Å². The van der Waals surface area contributed by atoms with Crippen molar-refractivity contribution in [2.45, 2.75) is 19.4 Å². The van der Waals surface area contributed by atoms with E-state index in [4.69, 9.17) is 9.84 Å². The number of benzene rings is 1. The van der Waals surface area contributed by atoms with E-state index in [0.29, 0.717) is 6.61 Å². The predicted molar refractivity (Wildman–Crippen MR) is 100 cm³/mol. The van der Waals surface area contributed by atoms with Gasteiger partial charge in [0, 0.05) is 23.8 Å². The van der Waals surface area contributed by atoms with Crippen LogP contribution in [0.25, 0.3) is 0 Å². The molecule has 0 bridgehead atoms. The summed E-state index contributed by atoms with van der Waals surface area (Å²) in [6, 6.07) is 11.8. The number of aromatic nitrogens is 1. The van der Waals surface area contributed by atoms with Gasteiger partial charge in [-0.3, -0.25) is 0 Å². The SMILES string of the molecule is OCCOc1ccc(CNCCCCNc2ccccn2)c(Br)c1. The van der Waals surface area contributed by atoms with Crippen molar-refractivity contribution in [2.24, 2.45) is 0 Å². The number of hydrogen-bond donors (Lipinski definition) is 3. The average molecular weight is 394 g/mol. The molecule has 1 heterocycles. The normalized spacial score (nSPS) is 10.6. The van der Waals surface area contributed by atoms with E-state index in [0.717, 1.165) is 48.5 Å². The maximum Gasteiger partial charge on any atom is 0.125 e. The fourth-order valence-corrected chi connectivity index (χ4v) is 2.70. The number of nitrogens with one attached hydrogen (secondary N) is 2. The summed E-state index contributed by atoms with van der Waals surface area (Å²) in [5.41, 5.74) is 1.19. The third kappa shape index (κ3) is 6.86. The van der Waals surface area contributed by atoms with E-state index in [2.05, 4.69) is 31.5 Å². The minimum absolute atomic E-state index is 0.0239. The number of aliphatic hydroxyl groups is 1. The molecule has 6 heteroatoms. The van der Waals surface area contributed by atoms with Gasteiger partial charge in [-0.05, 0) is 49.2 Å². The first-order chi connectivity index (χ1) is 11.8. The summed E-state index contributed by atoms with van der Waals surface area (Å²) in [7, 11) is 0. The van der Waals surface area contributed by atoms with Crippen molar-refractivity contribution in [2.75, 3.05) is 31.6 Å². The molecule has 0 amide bonds. The standard InChI is InChI=1S/C18H24BrN3O2/c19-17-13-16(24-12-11-23)7-6-15(17)14-20-8-3-4-10-22-18-5-1-2-9-21-18/h1-2,5-7,9,13,20,23H,3-4,8,10-12,14H2,(H,21,22). The Morgan fingerprint density at radius 1 is 1.12 bits per heavy atom. The maximum absolute atomic E-state index is 8.77. The van der Waals surface area contributed by atoms with Crippen LogP contribution in [0, 0.1) is 0 Å². The topological polar surface area (TPSA) is 66.4 Å². The van der Waals surface area contributed by atoms with Crippen molar-refractivity contribution >= 4 is 21.7 Å². The summed E-state index contributed by atoms with van der Waals surface area (Å²) in [5, 5.41) is 15.5. The van der Waals surface area contributed by atoms with Gasteiger partial charge in [-0.15, -0.1) is 0 Å². The third-order valence-electron chi connectivity index (χ3n) is 3.45. The number of pyridine rings is 1. The minimum Gasteiger partial charge on any atom is -0.491 e. The van der Waals surface area contributed by atoms with E-state index in [1.165, 1.54) is 5.56 Å². The molecule has 0 radical (unpaired) electrons. The van der Waals surface area contributed by atoms with Gasteiger partial charge in [-0.25, -0.2) is 4.98 Å². The summed E-state index contributed by atoms with van der Waals surface area (Å²) in [6.45, 7) is 3.06. The first-order valence-corrected chi connectivity index (χ1v) is 8.96. The zero-order chi connectivity index (χ0) is 17.0. The molecule has 1 aromatic carbocycles. The predicted octanol–water partition coefficient (Wildman–Crippen LogP) is 3.20. The zero-order valence-electron chi connectivity index (χ0n) is 13.7. The summed E-state index contributed by atoms with van der Waals surface area (Å²) in [5.74, 6) is 1.69. The summed E-state index contributed by atoms with van der Waals surface area (Å²) < 4.78 is 6.40. The van der Waals surface area contributed by atoms with Crippen LogP contribution in [0.15, 0.2) is 47.1 Å². The molecule has 2 rings (SSSR count). The average Bonchev–Trinajstić information content (AvgIpc) is 2.61. The quantitative estimate of drug-likeness (QED) is 0.511. The highest BCUT2D eigenvalue weighted by atomic mass is 79.9. The second-order valence-electron chi connectivity index (χ2n) is 5.35. The molecule has 2 aromatic rings. The highest BCUT2D eigenvalue weighted by molar-refractivity contribution is 9.10. The van der Waals surface area contributed by atoms with Crippen molar-refractivity contribution in [1.82, 2.24) is 10.3 Å². The largest absolute Gasteiger partial charge is 0.491 e. The van der Waals surface area contributed by atoms with Crippen LogP contribution < -0.4 is 15.4 Å². The van der Waals surface area contributed by atoms with Crippen molar-refractivity contribution in [3.63, 3.8) is 0 Å². The highest BCUT2D eigenvalue weighted by Crippen LogP contribution is 2.23. The van der Waals surface area contributed by atoms with Crippen LogP contribution in [0.5, 0.6) is 5.75 Å². The highest BCUT2D eigenvalue weighted by Gasteiger charge is 2.02. The number of rotatable bonds is 11. The maximum atomic E-state index is 8.77. The molecule has 0 unspecified atom stereocenters. The van der Waals surface area contributed by atoms with Crippen molar-refractivity contribution in [3.8, 4) is 5.75 Å². The Labute approximate surface area is 151 Å². The Kier molecular flexibility index (Phi) is 8.59. The Morgan fingerprint density at radius 3 is 2.75 bits per heavy atom. The van der Waals surface area contributed by atoms with Gasteiger partial charge >= 0.3 is 0 Å². The second-order valence-corrected chi connectivity index (χ2v) is 6.21. The lowest BCUT2D eigenvalue weighted by atomic mass is 10.2. The summed E-state index contributed by atoms with van der Waals surface area (Å²) in [4.78, 5) is 4.23. The molecular weight excluding hydrogens is 370 g/mol. The number of unbranched alkanes of at least 4 members (excludes halogenated alkanes) is 1. The number of halogens is 1. The van der Waals surface area contributed by atoms with E-state index in [-0.39, 0.29) is 6.61 Å². The van der Waals surface area contributed by atoms with Crippen LogP contribution in [0.2, 0.25) is 0 Å². The van der Waals surface area contributed by atoms with Crippen LogP contribution in [-0.2, 0) is 6.54 Å². The van der Waals surface area contributed by atoms with E-state index < -0.39 is 0 Å². The molecule has 0 saturated heterocycles. The van der Waals surface area contributed by atoms with Gasteiger partial charge in [-0.1, -0.05) is 28.1 Å². The Morgan fingerprint density at radius 2 is 2.00 bits per heavy atom. The molecule has 3 N–H and O–H groups in total. The number of ether oxygens (including phenoxy) is 1. The van der Waals surface area contributed by atoms with E-state index >= 15 is 0 Å². The zero-order valence-corrected chi connectivity index (χ0v) is 15.3. The summed E-state index contributed by atoms with van der Waals surface area (Å²) in [6.07, 6.45) is 4.00.